The van der Waals surface area contributed by atoms with Crippen LogP contribution >= 0.6 is 34.8 Å². The van der Waals surface area contributed by atoms with E-state index in [1.165, 1.54) is 0 Å². The van der Waals surface area contributed by atoms with Crippen LogP contribution in [0, 0.1) is 11.3 Å². The van der Waals surface area contributed by atoms with E-state index >= 15 is 0 Å². The predicted molar refractivity (Wildman–Crippen MR) is 74.0 cm³/mol. The molecule has 0 aliphatic rings. The molecule has 0 aliphatic heterocycles. The van der Waals surface area contributed by atoms with Crippen LogP contribution in [0.2, 0.25) is 15.1 Å². The van der Waals surface area contributed by atoms with Crippen LogP contribution in [0.25, 0.3) is 11.3 Å². The van der Waals surface area contributed by atoms with Gasteiger partial charge in [-0.1, -0.05) is 40.9 Å². The zero-order valence-corrected chi connectivity index (χ0v) is 11.4. The second kappa shape index (κ2) is 5.58. The van der Waals surface area contributed by atoms with E-state index in [-0.39, 0.29) is 6.42 Å². The molecule has 90 valence electrons. The Morgan fingerprint density at radius 1 is 1.17 bits per heavy atom. The lowest BCUT2D eigenvalue weighted by Gasteiger charge is -2.07. The Kier molecular flexibility index (Phi) is 4.08. The van der Waals surface area contributed by atoms with Crippen molar-refractivity contribution in [3.8, 4) is 17.3 Å². The molecule has 18 heavy (non-hydrogen) atoms. The number of hydrogen-bond acceptors (Lipinski definition) is 2. The standard InChI is InChI=1S/C13H7Cl3N2/c14-8-6-10(13(16)11(15)7-8)12-3-1-2-9(18-12)4-5-17/h1-3,6-7H,4H2. The van der Waals surface area contributed by atoms with E-state index in [2.05, 4.69) is 11.1 Å². The zero-order chi connectivity index (χ0) is 13.1. The molecule has 2 rings (SSSR count). The molecule has 1 heterocycles. The first-order valence-electron chi connectivity index (χ1n) is 5.09. The Hall–Kier alpha value is -1.27. The Balaban J connectivity index is 2.55. The maximum atomic E-state index is 8.67. The zero-order valence-electron chi connectivity index (χ0n) is 9.12. The number of halogens is 3. The highest BCUT2D eigenvalue weighted by molar-refractivity contribution is 6.45. The van der Waals surface area contributed by atoms with Gasteiger partial charge in [-0.3, -0.25) is 4.98 Å². The molecule has 0 bridgehead atoms. The quantitative estimate of drug-likeness (QED) is 0.748. The first-order valence-corrected chi connectivity index (χ1v) is 6.23. The van der Waals surface area contributed by atoms with Crippen LogP contribution < -0.4 is 0 Å². The van der Waals surface area contributed by atoms with Crippen LogP contribution in [0.1, 0.15) is 5.69 Å². The SMILES string of the molecule is N#CCc1cccc(-c2cc(Cl)cc(Cl)c2Cl)n1. The van der Waals surface area contributed by atoms with Crippen molar-refractivity contribution in [3.05, 3.63) is 51.1 Å². The molecule has 0 saturated carbocycles. The topological polar surface area (TPSA) is 36.7 Å². The van der Waals surface area contributed by atoms with Crippen LogP contribution in [0.15, 0.2) is 30.3 Å². The Morgan fingerprint density at radius 2 is 1.94 bits per heavy atom. The molecular formula is C13H7Cl3N2. The van der Waals surface area contributed by atoms with Crippen molar-refractivity contribution >= 4 is 34.8 Å². The summed E-state index contributed by atoms with van der Waals surface area (Å²) in [5.41, 5.74) is 1.99. The van der Waals surface area contributed by atoms with E-state index < -0.39 is 0 Å². The lowest BCUT2D eigenvalue weighted by Crippen LogP contribution is -1.91. The summed E-state index contributed by atoms with van der Waals surface area (Å²) >= 11 is 18.1. The lowest BCUT2D eigenvalue weighted by atomic mass is 10.1. The molecule has 0 amide bonds. The number of hydrogen-bond donors (Lipinski definition) is 0. The van der Waals surface area contributed by atoms with Gasteiger partial charge >= 0.3 is 0 Å². The van der Waals surface area contributed by atoms with Gasteiger partial charge in [0.05, 0.1) is 33.9 Å². The summed E-state index contributed by atoms with van der Waals surface area (Å²) < 4.78 is 0. The Bertz CT molecular complexity index is 633. The van der Waals surface area contributed by atoms with Gasteiger partial charge in [0.1, 0.15) is 0 Å². The minimum Gasteiger partial charge on any atom is -0.252 e. The fourth-order valence-corrected chi connectivity index (χ4v) is 2.25. The third kappa shape index (κ3) is 2.76. The van der Waals surface area contributed by atoms with Crippen LogP contribution in [0.5, 0.6) is 0 Å². The highest BCUT2D eigenvalue weighted by Gasteiger charge is 2.10. The van der Waals surface area contributed by atoms with Crippen molar-refractivity contribution in [2.24, 2.45) is 0 Å². The van der Waals surface area contributed by atoms with E-state index in [1.807, 2.05) is 6.07 Å². The van der Waals surface area contributed by atoms with Crippen LogP contribution in [0.3, 0.4) is 0 Å². The maximum absolute atomic E-state index is 8.67. The summed E-state index contributed by atoms with van der Waals surface area (Å²) in [6.45, 7) is 0. The summed E-state index contributed by atoms with van der Waals surface area (Å²) in [5, 5.41) is 9.94. The van der Waals surface area contributed by atoms with E-state index in [9.17, 15) is 0 Å². The van der Waals surface area contributed by atoms with E-state index in [4.69, 9.17) is 40.1 Å². The molecule has 0 N–H and O–H groups in total. The van der Waals surface area contributed by atoms with Crippen LogP contribution in [0.4, 0.5) is 0 Å². The van der Waals surface area contributed by atoms with E-state index in [0.29, 0.717) is 32.0 Å². The second-order valence-corrected chi connectivity index (χ2v) is 4.82. The summed E-state index contributed by atoms with van der Waals surface area (Å²) in [6, 6.07) is 10.7. The largest absolute Gasteiger partial charge is 0.252 e. The minimum absolute atomic E-state index is 0.250. The number of nitrogens with zero attached hydrogens (tertiary/aromatic N) is 2. The minimum atomic E-state index is 0.250. The average molecular weight is 298 g/mol. The molecule has 0 aliphatic carbocycles. The monoisotopic (exact) mass is 296 g/mol. The number of rotatable bonds is 2. The van der Waals surface area contributed by atoms with Crippen LogP contribution in [-0.4, -0.2) is 4.98 Å². The smallest absolute Gasteiger partial charge is 0.0774 e. The molecule has 0 fully saturated rings. The molecule has 5 heteroatoms. The van der Waals surface area contributed by atoms with Crippen molar-refractivity contribution in [3.63, 3.8) is 0 Å². The predicted octanol–water partition coefficient (Wildman–Crippen LogP) is 4.77. The van der Waals surface area contributed by atoms with Crippen molar-refractivity contribution in [1.29, 1.82) is 5.26 Å². The number of pyridine rings is 1. The normalized spacial score (nSPS) is 10.1. The Morgan fingerprint density at radius 3 is 2.67 bits per heavy atom. The van der Waals surface area contributed by atoms with Gasteiger partial charge < -0.3 is 0 Å². The second-order valence-electron chi connectivity index (χ2n) is 3.60. The molecule has 1 aromatic heterocycles. The summed E-state index contributed by atoms with van der Waals surface area (Å²) in [4.78, 5) is 4.35. The van der Waals surface area contributed by atoms with Gasteiger partial charge in [0.25, 0.3) is 0 Å². The third-order valence-electron chi connectivity index (χ3n) is 2.34. The molecular weight excluding hydrogens is 291 g/mol. The summed E-state index contributed by atoms with van der Waals surface area (Å²) in [7, 11) is 0. The fraction of sp³-hybridized carbons (Fsp3) is 0.0769. The van der Waals surface area contributed by atoms with Gasteiger partial charge in [0.2, 0.25) is 0 Å². The molecule has 0 radical (unpaired) electrons. The van der Waals surface area contributed by atoms with Crippen molar-refractivity contribution in [1.82, 2.24) is 4.98 Å². The van der Waals surface area contributed by atoms with Crippen molar-refractivity contribution in [2.75, 3.05) is 0 Å². The van der Waals surface area contributed by atoms with Gasteiger partial charge in [-0.05, 0) is 24.3 Å². The highest BCUT2D eigenvalue weighted by atomic mass is 35.5. The number of aromatic nitrogens is 1. The molecule has 0 unspecified atom stereocenters. The first kappa shape index (κ1) is 13.2. The van der Waals surface area contributed by atoms with Gasteiger partial charge in [-0.15, -0.1) is 0 Å². The molecule has 2 nitrogen and oxygen atoms in total. The highest BCUT2D eigenvalue weighted by Crippen LogP contribution is 2.35. The number of nitriles is 1. The molecule has 2 aromatic rings. The summed E-state index contributed by atoms with van der Waals surface area (Å²) in [5.74, 6) is 0. The first-order chi connectivity index (χ1) is 8.61. The van der Waals surface area contributed by atoms with Gasteiger partial charge in [-0.25, -0.2) is 0 Å². The van der Waals surface area contributed by atoms with Crippen LogP contribution in [-0.2, 0) is 6.42 Å². The molecule has 0 spiro atoms. The van der Waals surface area contributed by atoms with E-state index in [0.717, 1.165) is 0 Å². The maximum Gasteiger partial charge on any atom is 0.0774 e. The van der Waals surface area contributed by atoms with Gasteiger partial charge in [0.15, 0.2) is 0 Å². The van der Waals surface area contributed by atoms with E-state index in [1.54, 1.807) is 24.3 Å². The third-order valence-corrected chi connectivity index (χ3v) is 3.36. The number of benzene rings is 1. The lowest BCUT2D eigenvalue weighted by molar-refractivity contribution is 1.12. The molecule has 0 saturated heterocycles. The molecule has 1 aromatic carbocycles. The average Bonchev–Trinajstić information content (AvgIpc) is 2.34. The fourth-order valence-electron chi connectivity index (χ4n) is 1.55. The van der Waals surface area contributed by atoms with Crippen molar-refractivity contribution < 1.29 is 0 Å². The van der Waals surface area contributed by atoms with Gasteiger partial charge in [0, 0.05) is 10.6 Å². The summed E-state index contributed by atoms with van der Waals surface area (Å²) in [6.07, 6.45) is 0.250. The van der Waals surface area contributed by atoms with Crippen molar-refractivity contribution in [2.45, 2.75) is 6.42 Å². The van der Waals surface area contributed by atoms with Gasteiger partial charge in [-0.2, -0.15) is 5.26 Å². The Labute approximate surface area is 120 Å². The molecule has 0 atom stereocenters.